The molecule has 0 bridgehead atoms. The Morgan fingerprint density at radius 3 is 2.11 bits per heavy atom. The van der Waals surface area contributed by atoms with E-state index in [1.165, 1.54) is 10.4 Å². The number of carboxylic acids is 2. The van der Waals surface area contributed by atoms with Crippen molar-refractivity contribution in [1.29, 1.82) is 5.26 Å². The fourth-order valence-corrected chi connectivity index (χ4v) is 6.23. The van der Waals surface area contributed by atoms with Gasteiger partial charge in [-0.1, -0.05) is 42.5 Å². The number of carboxylic acid groups (broad SMARTS) is 2. The summed E-state index contributed by atoms with van der Waals surface area (Å²) in [5.74, 6) is -2.67. The average molecular weight is 540 g/mol. The first-order valence-electron chi connectivity index (χ1n) is 12.0. The van der Waals surface area contributed by atoms with Crippen molar-refractivity contribution in [3.8, 4) is 6.07 Å². The number of aliphatic carboxylic acids is 2. The molecule has 2 aliphatic rings. The van der Waals surface area contributed by atoms with Gasteiger partial charge < -0.3 is 15.1 Å². The van der Waals surface area contributed by atoms with Crippen molar-refractivity contribution in [1.82, 2.24) is 9.21 Å². The number of Topliss-reactive ketones (excluding diaryl/α,β-unsaturated/α-hetero) is 1. The molecule has 2 aromatic rings. The molecule has 2 heterocycles. The van der Waals surface area contributed by atoms with Crippen LogP contribution >= 0.6 is 0 Å². The highest BCUT2D eigenvalue weighted by atomic mass is 32.2. The number of likely N-dealkylation sites (tertiary alicyclic amines) is 1. The van der Waals surface area contributed by atoms with Crippen LogP contribution in [0.2, 0.25) is 0 Å². The zero-order valence-electron chi connectivity index (χ0n) is 20.7. The van der Waals surface area contributed by atoms with Gasteiger partial charge in [0.1, 0.15) is 0 Å². The van der Waals surface area contributed by atoms with Crippen molar-refractivity contribution in [2.24, 2.45) is 0 Å². The molecule has 1 fully saturated rings. The molecule has 11 heteroatoms. The monoisotopic (exact) mass is 539 g/mol. The highest BCUT2D eigenvalue weighted by Gasteiger charge is 2.37. The molecule has 0 saturated carbocycles. The van der Waals surface area contributed by atoms with E-state index < -0.39 is 27.4 Å². The van der Waals surface area contributed by atoms with Gasteiger partial charge in [-0.25, -0.2) is 18.0 Å². The minimum Gasteiger partial charge on any atom is -0.478 e. The second-order valence-electron chi connectivity index (χ2n) is 9.02. The molecule has 1 saturated heterocycles. The summed E-state index contributed by atoms with van der Waals surface area (Å²) in [7, 11) is -3.63. The van der Waals surface area contributed by atoms with Crippen LogP contribution in [-0.4, -0.2) is 78.3 Å². The molecule has 0 atom stereocenters. The molecule has 0 spiro atoms. The summed E-state index contributed by atoms with van der Waals surface area (Å²) in [6.45, 7) is 2.58. The zero-order valence-corrected chi connectivity index (χ0v) is 21.5. The number of benzene rings is 2. The van der Waals surface area contributed by atoms with Gasteiger partial charge in [0.2, 0.25) is 10.0 Å². The van der Waals surface area contributed by atoms with Crippen LogP contribution in [0.1, 0.15) is 35.2 Å². The van der Waals surface area contributed by atoms with Crippen LogP contribution < -0.4 is 0 Å². The van der Waals surface area contributed by atoms with E-state index in [1.807, 2.05) is 30.3 Å². The van der Waals surface area contributed by atoms with Gasteiger partial charge in [-0.15, -0.1) is 0 Å². The summed E-state index contributed by atoms with van der Waals surface area (Å²) in [4.78, 5) is 33.8. The lowest BCUT2D eigenvalue weighted by molar-refractivity contribution is -0.134. The third kappa shape index (κ3) is 6.92. The predicted molar refractivity (Wildman–Crippen MR) is 138 cm³/mol. The van der Waals surface area contributed by atoms with Gasteiger partial charge in [-0.3, -0.25) is 4.79 Å². The Labute approximate surface area is 221 Å². The molecule has 2 aliphatic heterocycles. The van der Waals surface area contributed by atoms with Crippen molar-refractivity contribution in [3.63, 3.8) is 0 Å². The van der Waals surface area contributed by atoms with Gasteiger partial charge in [0, 0.05) is 24.3 Å². The number of carbonyl (C=O) groups is 3. The number of rotatable bonds is 7. The van der Waals surface area contributed by atoms with Gasteiger partial charge in [-0.05, 0) is 56.6 Å². The predicted octanol–water partition coefficient (Wildman–Crippen LogP) is 2.53. The number of piperidine rings is 1. The molecule has 0 aliphatic carbocycles. The van der Waals surface area contributed by atoms with Crippen LogP contribution in [0.3, 0.4) is 0 Å². The van der Waals surface area contributed by atoms with E-state index in [-0.39, 0.29) is 17.2 Å². The normalized spacial score (nSPS) is 18.6. The summed E-state index contributed by atoms with van der Waals surface area (Å²) in [5, 5.41) is 25.4. The van der Waals surface area contributed by atoms with Crippen LogP contribution in [0, 0.1) is 11.3 Å². The van der Waals surface area contributed by atoms with E-state index >= 15 is 0 Å². The van der Waals surface area contributed by atoms with Crippen molar-refractivity contribution in [3.05, 3.63) is 77.9 Å². The Kier molecular flexibility index (Phi) is 9.52. The first-order valence-corrected chi connectivity index (χ1v) is 13.5. The Hall–Kier alpha value is -3.85. The Morgan fingerprint density at radius 2 is 1.53 bits per heavy atom. The molecule has 200 valence electrons. The Morgan fingerprint density at radius 1 is 0.947 bits per heavy atom. The largest absolute Gasteiger partial charge is 0.478 e. The van der Waals surface area contributed by atoms with Gasteiger partial charge in [0.15, 0.2) is 5.78 Å². The van der Waals surface area contributed by atoms with E-state index in [9.17, 15) is 28.1 Å². The van der Waals surface area contributed by atoms with Crippen LogP contribution in [0.25, 0.3) is 0 Å². The maximum Gasteiger partial charge on any atom is 0.328 e. The van der Waals surface area contributed by atoms with Crippen molar-refractivity contribution in [2.75, 3.05) is 32.7 Å². The molecule has 10 nitrogen and oxygen atoms in total. The number of ketones is 1. The topological polar surface area (TPSA) is 156 Å². The number of hydrogen-bond acceptors (Lipinski definition) is 7. The molecule has 2 N–H and O–H groups in total. The van der Waals surface area contributed by atoms with E-state index in [1.54, 1.807) is 18.2 Å². The highest BCUT2D eigenvalue weighted by Crippen LogP contribution is 2.35. The van der Waals surface area contributed by atoms with Gasteiger partial charge in [0.25, 0.3) is 0 Å². The Balaban J connectivity index is 0.000000436. The number of nitriles is 1. The molecule has 38 heavy (non-hydrogen) atoms. The highest BCUT2D eigenvalue weighted by molar-refractivity contribution is 7.89. The SMILES string of the molecule is N#CC1(c2ccccc2)CCN(CCCN2CC(=O)c3ccccc3S2(=O)=O)CC1.O=C(O)/C=C/C(=O)O. The number of nitrogens with zero attached hydrogens (tertiary/aromatic N) is 3. The van der Waals surface area contributed by atoms with Gasteiger partial charge in [-0.2, -0.15) is 9.57 Å². The molecule has 2 aromatic carbocycles. The summed E-state index contributed by atoms with van der Waals surface area (Å²) in [6.07, 6.45) is 3.30. The Bertz CT molecular complexity index is 1330. The molecule has 0 aromatic heterocycles. The van der Waals surface area contributed by atoms with E-state index in [0.717, 1.165) is 38.0 Å². The quantitative estimate of drug-likeness (QED) is 0.505. The molecular formula is C27H29N3O7S. The van der Waals surface area contributed by atoms with E-state index in [4.69, 9.17) is 10.2 Å². The van der Waals surface area contributed by atoms with Crippen LogP contribution in [0.5, 0.6) is 0 Å². The molecule has 4 rings (SSSR count). The number of fused-ring (bicyclic) bond motifs is 1. The minimum absolute atomic E-state index is 0.0924. The van der Waals surface area contributed by atoms with Gasteiger partial charge >= 0.3 is 11.9 Å². The fraction of sp³-hybridized carbons (Fsp3) is 0.333. The molecule has 0 unspecified atom stereocenters. The zero-order chi connectivity index (χ0) is 27.8. The van der Waals surface area contributed by atoms with Crippen molar-refractivity contribution < 1.29 is 33.0 Å². The maximum absolute atomic E-state index is 12.8. The maximum atomic E-state index is 12.8. The number of carbonyl (C=O) groups excluding carboxylic acids is 1. The molecular weight excluding hydrogens is 510 g/mol. The smallest absolute Gasteiger partial charge is 0.328 e. The molecule has 0 radical (unpaired) electrons. The standard InChI is InChI=1S/C23H25N3O3S.C4H4O4/c24-18-23(19-7-2-1-3-8-19)11-15-25(16-12-23)13-6-14-26-17-21(27)20-9-4-5-10-22(20)30(26,28)29;5-3(6)1-2-4(7)8/h1-5,7-10H,6,11-17H2;1-2H,(H,5,6)(H,7,8)/b;2-1+. The van der Waals surface area contributed by atoms with Crippen LogP contribution in [-0.2, 0) is 25.0 Å². The summed E-state index contributed by atoms with van der Waals surface area (Å²) in [5.41, 5.74) is 0.923. The second kappa shape index (κ2) is 12.6. The van der Waals surface area contributed by atoms with E-state index in [0.29, 0.717) is 30.7 Å². The lowest BCUT2D eigenvalue weighted by Crippen LogP contribution is -2.44. The average Bonchev–Trinajstić information content (AvgIpc) is 2.92. The minimum atomic E-state index is -3.63. The number of hydrogen-bond donors (Lipinski definition) is 2. The first kappa shape index (κ1) is 28.7. The van der Waals surface area contributed by atoms with Crippen molar-refractivity contribution in [2.45, 2.75) is 29.6 Å². The molecule has 0 amide bonds. The lowest BCUT2D eigenvalue weighted by atomic mass is 9.74. The summed E-state index contributed by atoms with van der Waals surface area (Å²) in [6, 6.07) is 18.9. The van der Waals surface area contributed by atoms with E-state index in [2.05, 4.69) is 11.0 Å². The third-order valence-electron chi connectivity index (χ3n) is 6.63. The van der Waals surface area contributed by atoms with Crippen LogP contribution in [0.4, 0.5) is 0 Å². The lowest BCUT2D eigenvalue weighted by Gasteiger charge is -2.38. The van der Waals surface area contributed by atoms with Crippen molar-refractivity contribution >= 4 is 27.7 Å². The first-order chi connectivity index (χ1) is 18.1. The fourth-order valence-electron chi connectivity index (χ4n) is 4.58. The van der Waals surface area contributed by atoms with Gasteiger partial charge in [0.05, 0.1) is 22.9 Å². The summed E-state index contributed by atoms with van der Waals surface area (Å²) >= 11 is 0. The summed E-state index contributed by atoms with van der Waals surface area (Å²) < 4.78 is 27.0. The third-order valence-corrected chi connectivity index (χ3v) is 8.53. The van der Waals surface area contributed by atoms with Crippen LogP contribution in [0.15, 0.2) is 71.6 Å². The second-order valence-corrected chi connectivity index (χ2v) is 10.9. The number of sulfonamides is 1.